The van der Waals surface area contributed by atoms with Crippen molar-refractivity contribution >= 4 is 17.2 Å². The largest absolute Gasteiger partial charge is 0.384 e. The van der Waals surface area contributed by atoms with Crippen LogP contribution in [-0.2, 0) is 4.74 Å². The third-order valence-corrected chi connectivity index (χ3v) is 4.27. The summed E-state index contributed by atoms with van der Waals surface area (Å²) in [6.45, 7) is 2.05. The molecule has 1 fully saturated rings. The Kier molecular flexibility index (Phi) is 5.60. The molecule has 0 bridgehead atoms. The second-order valence-electron chi connectivity index (χ2n) is 4.84. The zero-order valence-corrected chi connectivity index (χ0v) is 12.4. The molecule has 0 aliphatic carbocycles. The minimum Gasteiger partial charge on any atom is -0.384 e. The quantitative estimate of drug-likeness (QED) is 0.861. The van der Waals surface area contributed by atoms with Crippen LogP contribution in [0, 0.1) is 17.8 Å². The van der Waals surface area contributed by atoms with Crippen molar-refractivity contribution < 1.29 is 14.6 Å². The first kappa shape index (κ1) is 15.0. The summed E-state index contributed by atoms with van der Waals surface area (Å²) < 4.78 is 5.19. The van der Waals surface area contributed by atoms with Crippen molar-refractivity contribution in [1.29, 1.82) is 0 Å². The predicted octanol–water partition coefficient (Wildman–Crippen LogP) is 1.59. The molecule has 4 nitrogen and oxygen atoms in total. The van der Waals surface area contributed by atoms with Gasteiger partial charge in [-0.3, -0.25) is 4.79 Å². The number of thiophene rings is 1. The molecule has 108 valence electrons. The first-order chi connectivity index (χ1) is 9.76. The fourth-order valence-electron chi connectivity index (χ4n) is 2.47. The van der Waals surface area contributed by atoms with E-state index in [4.69, 9.17) is 9.84 Å². The molecule has 20 heavy (non-hydrogen) atoms. The number of aliphatic hydroxyl groups excluding tert-OH is 1. The lowest BCUT2D eigenvalue weighted by Gasteiger charge is -2.32. The molecule has 0 spiro atoms. The Morgan fingerprint density at radius 3 is 3.25 bits per heavy atom. The molecular formula is C15H19NO3S. The van der Waals surface area contributed by atoms with Crippen LogP contribution in [0.25, 0.3) is 0 Å². The minimum absolute atomic E-state index is 0.0445. The number of nitrogens with zero attached hydrogens (tertiary/aromatic N) is 1. The number of hydrogen-bond donors (Lipinski definition) is 1. The van der Waals surface area contributed by atoms with Gasteiger partial charge in [-0.1, -0.05) is 11.8 Å². The summed E-state index contributed by atoms with van der Waals surface area (Å²) in [5, 5.41) is 10.6. The van der Waals surface area contributed by atoms with Crippen LogP contribution >= 0.6 is 11.3 Å². The summed E-state index contributed by atoms with van der Waals surface area (Å²) in [6, 6.07) is 1.83. The van der Waals surface area contributed by atoms with Crippen molar-refractivity contribution in [2.75, 3.05) is 33.4 Å². The summed E-state index contributed by atoms with van der Waals surface area (Å²) in [5.41, 5.74) is 0.711. The summed E-state index contributed by atoms with van der Waals surface area (Å²) in [5.74, 6) is 5.90. The molecule has 1 saturated heterocycles. The van der Waals surface area contributed by atoms with Gasteiger partial charge in [0.15, 0.2) is 0 Å². The molecule has 1 atom stereocenters. The second-order valence-corrected chi connectivity index (χ2v) is 5.75. The monoisotopic (exact) mass is 293 g/mol. The first-order valence-corrected chi connectivity index (χ1v) is 7.59. The van der Waals surface area contributed by atoms with Gasteiger partial charge in [0.05, 0.1) is 6.61 Å². The molecule has 0 radical (unpaired) electrons. The van der Waals surface area contributed by atoms with Crippen LogP contribution in [0.4, 0.5) is 0 Å². The highest BCUT2D eigenvalue weighted by Gasteiger charge is 2.26. The second kappa shape index (κ2) is 7.44. The normalized spacial score (nSPS) is 18.5. The highest BCUT2D eigenvalue weighted by Crippen LogP contribution is 2.23. The number of likely N-dealkylation sites (tertiary alicyclic amines) is 1. The van der Waals surface area contributed by atoms with E-state index in [0.29, 0.717) is 23.0 Å². The Bertz CT molecular complexity index is 513. The van der Waals surface area contributed by atoms with Crippen molar-refractivity contribution in [3.05, 3.63) is 21.9 Å². The van der Waals surface area contributed by atoms with Gasteiger partial charge in [-0.15, -0.1) is 11.3 Å². The Balaban J connectivity index is 2.09. The third-order valence-electron chi connectivity index (χ3n) is 3.37. The van der Waals surface area contributed by atoms with Gasteiger partial charge in [0, 0.05) is 25.8 Å². The summed E-state index contributed by atoms with van der Waals surface area (Å²) in [6.07, 6.45) is 2.13. The number of aliphatic hydroxyl groups is 1. The van der Waals surface area contributed by atoms with Crippen LogP contribution in [0.5, 0.6) is 0 Å². The summed E-state index contributed by atoms with van der Waals surface area (Å²) >= 11 is 1.41. The minimum atomic E-state index is -0.191. The van der Waals surface area contributed by atoms with Crippen molar-refractivity contribution in [1.82, 2.24) is 4.90 Å². The number of hydrogen-bond acceptors (Lipinski definition) is 4. The Morgan fingerprint density at radius 1 is 1.65 bits per heavy atom. The van der Waals surface area contributed by atoms with Gasteiger partial charge in [-0.25, -0.2) is 0 Å². The van der Waals surface area contributed by atoms with Gasteiger partial charge in [-0.05, 0) is 30.2 Å². The predicted molar refractivity (Wildman–Crippen MR) is 78.8 cm³/mol. The molecule has 1 N–H and O–H groups in total. The molecule has 2 heterocycles. The van der Waals surface area contributed by atoms with Crippen LogP contribution in [-0.4, -0.2) is 49.3 Å². The number of carbonyl (C=O) groups excluding carboxylic acids is 1. The molecule has 5 heteroatoms. The lowest BCUT2D eigenvalue weighted by molar-refractivity contribution is 0.0575. The van der Waals surface area contributed by atoms with Crippen LogP contribution in [0.3, 0.4) is 0 Å². The topological polar surface area (TPSA) is 49.8 Å². The summed E-state index contributed by atoms with van der Waals surface area (Å²) in [4.78, 5) is 15.1. The molecule has 1 amide bonds. The standard InChI is InChI=1S/C15H19NO3S/c1-19-11-12-4-2-7-16(10-12)15(18)14-13(5-3-8-17)6-9-20-14/h6,9,12,17H,2,4,7-8,10-11H2,1H3. The lowest BCUT2D eigenvalue weighted by atomic mass is 9.98. The van der Waals surface area contributed by atoms with Gasteiger partial charge in [0.2, 0.25) is 0 Å². The molecule has 0 aromatic carbocycles. The van der Waals surface area contributed by atoms with Crippen LogP contribution in [0.2, 0.25) is 0 Å². The van der Waals surface area contributed by atoms with Crippen LogP contribution < -0.4 is 0 Å². The van der Waals surface area contributed by atoms with Crippen molar-refractivity contribution in [2.24, 2.45) is 5.92 Å². The number of piperidine rings is 1. The highest BCUT2D eigenvalue weighted by atomic mass is 32.1. The van der Waals surface area contributed by atoms with Gasteiger partial charge in [-0.2, -0.15) is 0 Å². The van der Waals surface area contributed by atoms with Crippen LogP contribution in [0.15, 0.2) is 11.4 Å². The van der Waals surface area contributed by atoms with Gasteiger partial charge < -0.3 is 14.7 Å². The fraction of sp³-hybridized carbons (Fsp3) is 0.533. The molecule has 1 aliphatic heterocycles. The molecule has 1 aromatic heterocycles. The highest BCUT2D eigenvalue weighted by molar-refractivity contribution is 7.12. The molecular weight excluding hydrogens is 274 g/mol. The van der Waals surface area contributed by atoms with E-state index in [1.807, 2.05) is 16.3 Å². The molecule has 2 rings (SSSR count). The maximum atomic E-state index is 12.6. The van der Waals surface area contributed by atoms with Crippen LogP contribution in [0.1, 0.15) is 28.1 Å². The first-order valence-electron chi connectivity index (χ1n) is 6.71. The number of carbonyl (C=O) groups is 1. The van der Waals surface area contributed by atoms with E-state index in [2.05, 4.69) is 11.8 Å². The van der Waals surface area contributed by atoms with Gasteiger partial charge in [0.1, 0.15) is 11.5 Å². The number of methoxy groups -OCH3 is 1. The van der Waals surface area contributed by atoms with E-state index in [0.717, 1.165) is 25.9 Å². The maximum absolute atomic E-state index is 12.6. The number of ether oxygens (including phenoxy) is 1. The smallest absolute Gasteiger partial charge is 0.265 e. The van der Waals surface area contributed by atoms with Gasteiger partial charge >= 0.3 is 0 Å². The molecule has 1 aromatic rings. The van der Waals surface area contributed by atoms with Crippen molar-refractivity contribution in [2.45, 2.75) is 12.8 Å². The van der Waals surface area contributed by atoms with E-state index >= 15 is 0 Å². The number of rotatable bonds is 3. The Morgan fingerprint density at radius 2 is 2.50 bits per heavy atom. The fourth-order valence-corrected chi connectivity index (χ4v) is 3.29. The molecule has 1 unspecified atom stereocenters. The lowest BCUT2D eigenvalue weighted by Crippen LogP contribution is -2.41. The Hall–Kier alpha value is -1.35. The van der Waals surface area contributed by atoms with Gasteiger partial charge in [0.25, 0.3) is 5.91 Å². The van der Waals surface area contributed by atoms with E-state index in [1.165, 1.54) is 11.3 Å². The SMILES string of the molecule is COCC1CCCN(C(=O)c2sccc2C#CCO)C1. The third kappa shape index (κ3) is 3.60. The zero-order chi connectivity index (χ0) is 14.4. The summed E-state index contributed by atoms with van der Waals surface area (Å²) in [7, 11) is 1.70. The average molecular weight is 293 g/mol. The maximum Gasteiger partial charge on any atom is 0.265 e. The van der Waals surface area contributed by atoms with E-state index < -0.39 is 0 Å². The van der Waals surface area contributed by atoms with E-state index in [1.54, 1.807) is 7.11 Å². The molecule has 1 aliphatic rings. The van der Waals surface area contributed by atoms with E-state index in [-0.39, 0.29) is 12.5 Å². The van der Waals surface area contributed by atoms with Crippen molar-refractivity contribution in [3.63, 3.8) is 0 Å². The molecule has 0 saturated carbocycles. The van der Waals surface area contributed by atoms with Crippen molar-refractivity contribution in [3.8, 4) is 11.8 Å². The Labute approximate surface area is 123 Å². The van der Waals surface area contributed by atoms with E-state index in [9.17, 15) is 4.79 Å². The average Bonchev–Trinajstić information content (AvgIpc) is 2.93. The zero-order valence-electron chi connectivity index (χ0n) is 11.6. The number of amides is 1.